The molecule has 0 saturated carbocycles. The highest BCUT2D eigenvalue weighted by molar-refractivity contribution is 8.01. The lowest BCUT2D eigenvalue weighted by molar-refractivity contribution is -0.143. The molecule has 0 radical (unpaired) electrons. The Kier molecular flexibility index (Phi) is 7.12. The van der Waals surface area contributed by atoms with Crippen molar-refractivity contribution >= 4 is 35.2 Å². The Balaban J connectivity index is 1.78. The number of nitrogens with zero attached hydrogens (tertiary/aromatic N) is 1. The van der Waals surface area contributed by atoms with Gasteiger partial charge in [-0.3, -0.25) is 14.4 Å². The monoisotopic (exact) mass is 394 g/mol. The highest BCUT2D eigenvalue weighted by Gasteiger charge is 2.22. The van der Waals surface area contributed by atoms with Gasteiger partial charge < -0.3 is 14.6 Å². The molecule has 9 heteroatoms. The van der Waals surface area contributed by atoms with Gasteiger partial charge in [-0.2, -0.15) is 0 Å². The van der Waals surface area contributed by atoms with Crippen LogP contribution < -0.4 is 5.32 Å². The van der Waals surface area contributed by atoms with Crippen LogP contribution in [0.5, 0.6) is 0 Å². The largest absolute Gasteiger partial charge is 0.454 e. The lowest BCUT2D eigenvalue weighted by atomic mass is 10.1. The number of ketones is 1. The summed E-state index contributed by atoms with van der Waals surface area (Å²) in [7, 11) is 0. The minimum absolute atomic E-state index is 0.104. The highest BCUT2D eigenvalue weighted by Crippen LogP contribution is 2.15. The number of Topliss-reactive ketones (excluding diaryl/α,β-unsaturated/α-hetero) is 1. The average Bonchev–Trinajstić information content (AvgIpc) is 3.04. The number of thioether (sulfide) groups is 1. The molecule has 144 valence electrons. The normalized spacial score (nSPS) is 12.9. The van der Waals surface area contributed by atoms with Crippen LogP contribution in [0.1, 0.15) is 30.0 Å². The highest BCUT2D eigenvalue weighted by atomic mass is 32.2. The van der Waals surface area contributed by atoms with Crippen LogP contribution in [0.4, 0.5) is 10.2 Å². The average molecular weight is 394 g/mol. The molecular weight excluding hydrogens is 375 g/mol. The van der Waals surface area contributed by atoms with Crippen LogP contribution in [-0.4, -0.2) is 39.9 Å². The molecule has 0 spiro atoms. The summed E-state index contributed by atoms with van der Waals surface area (Å²) in [6.45, 7) is 4.77. The van der Waals surface area contributed by atoms with E-state index in [0.717, 1.165) is 23.9 Å². The fourth-order valence-electron chi connectivity index (χ4n) is 2.06. The number of anilines is 1. The molecule has 2 atom stereocenters. The van der Waals surface area contributed by atoms with E-state index in [2.05, 4.69) is 10.5 Å². The van der Waals surface area contributed by atoms with Crippen LogP contribution in [-0.2, 0) is 14.3 Å². The van der Waals surface area contributed by atoms with E-state index in [1.807, 2.05) is 0 Å². The van der Waals surface area contributed by atoms with Crippen molar-refractivity contribution in [2.45, 2.75) is 32.1 Å². The molecule has 27 heavy (non-hydrogen) atoms. The fourth-order valence-corrected chi connectivity index (χ4v) is 2.72. The number of nitrogens with one attached hydrogen (secondary N) is 1. The quantitative estimate of drug-likeness (QED) is 0.543. The number of hydrogen-bond donors (Lipinski definition) is 1. The molecule has 0 bridgehead atoms. The molecule has 1 heterocycles. The first-order valence-corrected chi connectivity index (χ1v) is 9.16. The second kappa shape index (κ2) is 9.31. The zero-order chi connectivity index (χ0) is 20.0. The van der Waals surface area contributed by atoms with E-state index in [1.54, 1.807) is 19.9 Å². The molecule has 7 nitrogen and oxygen atoms in total. The molecule has 0 aliphatic rings. The summed E-state index contributed by atoms with van der Waals surface area (Å²) in [6, 6.07) is 6.55. The van der Waals surface area contributed by atoms with Crippen molar-refractivity contribution in [3.05, 3.63) is 47.5 Å². The van der Waals surface area contributed by atoms with Crippen LogP contribution >= 0.6 is 11.8 Å². The number of ether oxygens (including phenoxy) is 1. The van der Waals surface area contributed by atoms with Gasteiger partial charge in [0.25, 0.3) is 0 Å². The smallest absolute Gasteiger partial charge is 0.316 e. The lowest BCUT2D eigenvalue weighted by Gasteiger charge is -2.14. The Hall–Kier alpha value is -2.68. The van der Waals surface area contributed by atoms with Gasteiger partial charge in [0.05, 0.1) is 11.0 Å². The zero-order valence-corrected chi connectivity index (χ0v) is 15.8. The summed E-state index contributed by atoms with van der Waals surface area (Å²) in [5, 5.41) is 5.68. The number of aryl methyl sites for hydroxylation is 1. The van der Waals surface area contributed by atoms with Crippen LogP contribution in [0.2, 0.25) is 0 Å². The lowest BCUT2D eigenvalue weighted by Crippen LogP contribution is -2.27. The Morgan fingerprint density at radius 2 is 1.93 bits per heavy atom. The molecule has 0 unspecified atom stereocenters. The van der Waals surface area contributed by atoms with Crippen molar-refractivity contribution in [2.75, 3.05) is 11.1 Å². The van der Waals surface area contributed by atoms with Gasteiger partial charge in [-0.05, 0) is 45.0 Å². The molecular formula is C18H19FN2O5S. The van der Waals surface area contributed by atoms with Crippen molar-refractivity contribution < 1.29 is 28.0 Å². The Bertz CT molecular complexity index is 821. The predicted molar refractivity (Wildman–Crippen MR) is 98.1 cm³/mol. The molecule has 1 N–H and O–H groups in total. The molecule has 0 aliphatic carbocycles. The zero-order valence-electron chi connectivity index (χ0n) is 15.0. The summed E-state index contributed by atoms with van der Waals surface area (Å²) >= 11 is 1.06. The third-order valence-corrected chi connectivity index (χ3v) is 4.62. The number of rotatable bonds is 8. The van der Waals surface area contributed by atoms with Gasteiger partial charge >= 0.3 is 5.97 Å². The van der Waals surface area contributed by atoms with Crippen molar-refractivity contribution in [1.29, 1.82) is 0 Å². The number of hydrogen-bond acceptors (Lipinski definition) is 7. The van der Waals surface area contributed by atoms with E-state index < -0.39 is 28.9 Å². The van der Waals surface area contributed by atoms with Gasteiger partial charge in [-0.15, -0.1) is 11.8 Å². The van der Waals surface area contributed by atoms with Gasteiger partial charge in [0.1, 0.15) is 11.6 Å². The molecule has 2 aromatic rings. The van der Waals surface area contributed by atoms with E-state index in [9.17, 15) is 18.8 Å². The number of benzene rings is 1. The SMILES string of the molecule is Cc1cc(NC(=O)[C@@H](C)SCC(=O)O[C@H](C)C(=O)c2ccc(F)cc2)no1. The van der Waals surface area contributed by atoms with Gasteiger partial charge in [0.2, 0.25) is 11.7 Å². The van der Waals surface area contributed by atoms with Crippen LogP contribution in [0.25, 0.3) is 0 Å². The second-order valence-corrected chi connectivity index (χ2v) is 7.10. The molecule has 0 fully saturated rings. The number of halogens is 1. The predicted octanol–water partition coefficient (Wildman–Crippen LogP) is 3.00. The van der Waals surface area contributed by atoms with Crippen molar-refractivity contribution in [1.82, 2.24) is 5.16 Å². The van der Waals surface area contributed by atoms with Crippen molar-refractivity contribution in [2.24, 2.45) is 0 Å². The Morgan fingerprint density at radius 3 is 2.52 bits per heavy atom. The number of amides is 1. The summed E-state index contributed by atoms with van der Waals surface area (Å²) in [4.78, 5) is 36.1. The standard InChI is InChI=1S/C18H19FN2O5S/c1-10-8-15(21-26-10)20-18(24)12(3)27-9-16(22)25-11(2)17(23)13-4-6-14(19)7-5-13/h4-8,11-12H,9H2,1-3H3,(H,20,21,24)/t11-,12-/m1/s1. The maximum Gasteiger partial charge on any atom is 0.316 e. The third-order valence-electron chi connectivity index (χ3n) is 3.51. The summed E-state index contributed by atoms with van der Waals surface area (Å²) in [6.07, 6.45) is -1.01. The minimum Gasteiger partial charge on any atom is -0.454 e. The molecule has 0 aliphatic heterocycles. The number of carbonyl (C=O) groups excluding carboxylic acids is 3. The number of carbonyl (C=O) groups is 3. The van der Waals surface area contributed by atoms with E-state index in [1.165, 1.54) is 19.1 Å². The van der Waals surface area contributed by atoms with Crippen molar-refractivity contribution in [3.63, 3.8) is 0 Å². The van der Waals surface area contributed by atoms with E-state index >= 15 is 0 Å². The van der Waals surface area contributed by atoms with E-state index in [0.29, 0.717) is 11.6 Å². The van der Waals surface area contributed by atoms with Gasteiger partial charge in [0.15, 0.2) is 11.9 Å². The van der Waals surface area contributed by atoms with Crippen LogP contribution in [0.3, 0.4) is 0 Å². The number of aromatic nitrogens is 1. The van der Waals surface area contributed by atoms with Gasteiger partial charge in [-0.25, -0.2) is 4.39 Å². The fraction of sp³-hybridized carbons (Fsp3) is 0.333. The maximum atomic E-state index is 12.9. The van der Waals surface area contributed by atoms with Crippen LogP contribution in [0.15, 0.2) is 34.9 Å². The summed E-state index contributed by atoms with van der Waals surface area (Å²) in [5.74, 6) is -1.09. The minimum atomic E-state index is -1.01. The first-order valence-electron chi connectivity index (χ1n) is 8.11. The van der Waals surface area contributed by atoms with Gasteiger partial charge in [-0.1, -0.05) is 5.16 Å². The van der Waals surface area contributed by atoms with Crippen LogP contribution in [0, 0.1) is 12.7 Å². The topological polar surface area (TPSA) is 98.5 Å². The molecule has 2 rings (SSSR count). The first kappa shape index (κ1) is 20.6. The van der Waals surface area contributed by atoms with E-state index in [-0.39, 0.29) is 17.2 Å². The van der Waals surface area contributed by atoms with Crippen molar-refractivity contribution in [3.8, 4) is 0 Å². The third kappa shape index (κ3) is 6.21. The molecule has 1 amide bonds. The summed E-state index contributed by atoms with van der Waals surface area (Å²) < 4.78 is 22.8. The Labute approximate surface area is 159 Å². The second-order valence-electron chi connectivity index (χ2n) is 5.77. The maximum absolute atomic E-state index is 12.9. The van der Waals surface area contributed by atoms with Gasteiger partial charge in [0, 0.05) is 11.6 Å². The number of esters is 1. The molecule has 1 aromatic carbocycles. The van der Waals surface area contributed by atoms with E-state index in [4.69, 9.17) is 9.26 Å². The first-order chi connectivity index (χ1) is 12.8. The summed E-state index contributed by atoms with van der Waals surface area (Å²) in [5.41, 5.74) is 0.250. The molecule has 1 aromatic heterocycles. The molecule has 0 saturated heterocycles. The Morgan fingerprint density at radius 1 is 1.26 bits per heavy atom.